The van der Waals surface area contributed by atoms with Crippen LogP contribution in [0.2, 0.25) is 0 Å². The molecule has 6 heteroatoms. The number of rotatable bonds is 9. The van der Waals surface area contributed by atoms with Crippen molar-refractivity contribution in [2.45, 2.75) is 12.8 Å². The third-order valence-electron chi connectivity index (χ3n) is 3.59. The van der Waals surface area contributed by atoms with Crippen LogP contribution in [-0.4, -0.2) is 33.3 Å². The number of hydrogen-bond acceptors (Lipinski definition) is 4. The van der Waals surface area contributed by atoms with Crippen LogP contribution >= 0.6 is 0 Å². The molecule has 0 atom stereocenters. The summed E-state index contributed by atoms with van der Waals surface area (Å²) in [6.45, 7) is 0.753. The molecule has 0 aromatic heterocycles. The Morgan fingerprint density at radius 3 is 2.60 bits per heavy atom. The highest BCUT2D eigenvalue weighted by Crippen LogP contribution is 2.19. The van der Waals surface area contributed by atoms with Crippen molar-refractivity contribution in [2.75, 3.05) is 27.4 Å². The molecule has 0 aliphatic rings. The third-order valence-corrected chi connectivity index (χ3v) is 3.59. The van der Waals surface area contributed by atoms with E-state index in [9.17, 15) is 9.18 Å². The predicted octanol–water partition coefficient (Wildman–Crippen LogP) is 2.97. The number of carbonyl (C=O) groups is 1. The zero-order valence-electron chi connectivity index (χ0n) is 14.4. The summed E-state index contributed by atoms with van der Waals surface area (Å²) < 4.78 is 29.1. The maximum absolute atomic E-state index is 13.6. The monoisotopic (exact) mass is 347 g/mol. The van der Waals surface area contributed by atoms with E-state index < -0.39 is 5.82 Å². The van der Waals surface area contributed by atoms with Crippen LogP contribution in [0.3, 0.4) is 0 Å². The summed E-state index contributed by atoms with van der Waals surface area (Å²) in [6, 6.07) is 12.0. The molecule has 0 spiro atoms. The first kappa shape index (κ1) is 18.6. The highest BCUT2D eigenvalue weighted by atomic mass is 19.1. The van der Waals surface area contributed by atoms with Crippen molar-refractivity contribution in [3.63, 3.8) is 0 Å². The molecule has 2 aromatic rings. The van der Waals surface area contributed by atoms with Crippen LogP contribution in [0.1, 0.15) is 12.0 Å². The number of halogens is 1. The highest BCUT2D eigenvalue weighted by Gasteiger charge is 2.06. The Bertz CT molecular complexity index is 706. The normalized spacial score (nSPS) is 10.2. The van der Waals surface area contributed by atoms with Gasteiger partial charge >= 0.3 is 0 Å². The van der Waals surface area contributed by atoms with Gasteiger partial charge < -0.3 is 19.5 Å². The number of ether oxygens (including phenoxy) is 3. The predicted molar refractivity (Wildman–Crippen MR) is 92.8 cm³/mol. The van der Waals surface area contributed by atoms with Crippen molar-refractivity contribution < 1.29 is 23.4 Å². The number of aryl methyl sites for hydroxylation is 1. The van der Waals surface area contributed by atoms with Gasteiger partial charge in [-0.1, -0.05) is 12.1 Å². The van der Waals surface area contributed by atoms with E-state index >= 15 is 0 Å². The number of methoxy groups -OCH3 is 2. The molecule has 0 aliphatic carbocycles. The summed E-state index contributed by atoms with van der Waals surface area (Å²) in [4.78, 5) is 11.8. The van der Waals surface area contributed by atoms with E-state index in [1.165, 1.54) is 13.2 Å². The van der Waals surface area contributed by atoms with Gasteiger partial charge in [0.1, 0.15) is 18.1 Å². The van der Waals surface area contributed by atoms with Gasteiger partial charge in [0.2, 0.25) is 5.91 Å². The van der Waals surface area contributed by atoms with Gasteiger partial charge in [-0.3, -0.25) is 4.79 Å². The van der Waals surface area contributed by atoms with Crippen LogP contribution in [0.5, 0.6) is 17.2 Å². The largest absolute Gasteiger partial charge is 0.497 e. The van der Waals surface area contributed by atoms with E-state index in [1.54, 1.807) is 25.3 Å². The zero-order valence-corrected chi connectivity index (χ0v) is 14.4. The van der Waals surface area contributed by atoms with E-state index in [-0.39, 0.29) is 18.1 Å². The standard InChI is InChI=1S/C19H22FNO4/c1-23-15-4-3-5-16(13-15)25-11-10-21-19(22)9-7-14-6-8-18(24-2)17(20)12-14/h3-6,8,12-13H,7,9-11H2,1-2H3,(H,21,22). The summed E-state index contributed by atoms with van der Waals surface area (Å²) >= 11 is 0. The van der Waals surface area contributed by atoms with Gasteiger partial charge in [-0.2, -0.15) is 0 Å². The molecule has 0 unspecified atom stereocenters. The van der Waals surface area contributed by atoms with Crippen molar-refractivity contribution in [2.24, 2.45) is 0 Å². The summed E-state index contributed by atoms with van der Waals surface area (Å²) in [6.07, 6.45) is 0.744. The molecule has 25 heavy (non-hydrogen) atoms. The van der Waals surface area contributed by atoms with Crippen LogP contribution in [-0.2, 0) is 11.2 Å². The average molecular weight is 347 g/mol. The number of amides is 1. The minimum atomic E-state index is -0.424. The maximum Gasteiger partial charge on any atom is 0.220 e. The lowest BCUT2D eigenvalue weighted by molar-refractivity contribution is -0.121. The second-order valence-electron chi connectivity index (χ2n) is 5.35. The Labute approximate surface area is 146 Å². The molecule has 2 aromatic carbocycles. The Morgan fingerprint density at radius 1 is 1.08 bits per heavy atom. The molecule has 2 rings (SSSR count). The average Bonchev–Trinajstić information content (AvgIpc) is 2.64. The maximum atomic E-state index is 13.6. The Hall–Kier alpha value is -2.76. The lowest BCUT2D eigenvalue weighted by Crippen LogP contribution is -2.28. The summed E-state index contributed by atoms with van der Waals surface area (Å²) in [7, 11) is 3.01. The molecule has 1 amide bonds. The second-order valence-corrected chi connectivity index (χ2v) is 5.35. The number of benzene rings is 2. The third kappa shape index (κ3) is 5.99. The molecule has 0 aliphatic heterocycles. The van der Waals surface area contributed by atoms with E-state index in [0.29, 0.717) is 31.1 Å². The first-order valence-electron chi connectivity index (χ1n) is 7.98. The SMILES string of the molecule is COc1cccc(OCCNC(=O)CCc2ccc(OC)c(F)c2)c1. The van der Waals surface area contributed by atoms with Gasteiger partial charge in [0.25, 0.3) is 0 Å². The molecule has 5 nitrogen and oxygen atoms in total. The minimum Gasteiger partial charge on any atom is -0.497 e. The van der Waals surface area contributed by atoms with Crippen molar-refractivity contribution in [3.05, 3.63) is 53.8 Å². The fraction of sp³-hybridized carbons (Fsp3) is 0.316. The molecule has 134 valence electrons. The van der Waals surface area contributed by atoms with Crippen molar-refractivity contribution in [1.29, 1.82) is 0 Å². The first-order chi connectivity index (χ1) is 12.1. The quantitative estimate of drug-likeness (QED) is 0.709. The molecule has 0 saturated heterocycles. The summed E-state index contributed by atoms with van der Waals surface area (Å²) in [5, 5.41) is 2.78. The Balaban J connectivity index is 1.67. The van der Waals surface area contributed by atoms with Gasteiger partial charge in [0.05, 0.1) is 20.8 Å². The zero-order chi connectivity index (χ0) is 18.1. The molecular formula is C19H22FNO4. The van der Waals surface area contributed by atoms with Crippen molar-refractivity contribution in [1.82, 2.24) is 5.32 Å². The molecule has 0 radical (unpaired) electrons. The highest BCUT2D eigenvalue weighted by molar-refractivity contribution is 5.76. The van der Waals surface area contributed by atoms with Gasteiger partial charge in [-0.05, 0) is 36.2 Å². The van der Waals surface area contributed by atoms with Gasteiger partial charge in [-0.25, -0.2) is 4.39 Å². The fourth-order valence-electron chi connectivity index (χ4n) is 2.26. The molecule has 0 fully saturated rings. The molecule has 0 heterocycles. The van der Waals surface area contributed by atoms with E-state index in [1.807, 2.05) is 18.2 Å². The van der Waals surface area contributed by atoms with Crippen LogP contribution in [0.15, 0.2) is 42.5 Å². The Kier molecular flexibility index (Phi) is 7.07. The minimum absolute atomic E-state index is 0.106. The number of nitrogens with one attached hydrogen (secondary N) is 1. The molecule has 1 N–H and O–H groups in total. The van der Waals surface area contributed by atoms with E-state index in [2.05, 4.69) is 5.32 Å². The van der Waals surface area contributed by atoms with E-state index in [4.69, 9.17) is 14.2 Å². The fourth-order valence-corrected chi connectivity index (χ4v) is 2.26. The molecule has 0 saturated carbocycles. The van der Waals surface area contributed by atoms with Gasteiger partial charge in [0, 0.05) is 12.5 Å². The van der Waals surface area contributed by atoms with Crippen LogP contribution in [0.25, 0.3) is 0 Å². The number of hydrogen-bond donors (Lipinski definition) is 1. The second kappa shape index (κ2) is 9.52. The summed E-state index contributed by atoms with van der Waals surface area (Å²) in [5.74, 6) is 1.07. The number of carbonyl (C=O) groups excluding carboxylic acids is 1. The Morgan fingerprint density at radius 2 is 1.88 bits per heavy atom. The van der Waals surface area contributed by atoms with Crippen LogP contribution < -0.4 is 19.5 Å². The van der Waals surface area contributed by atoms with Gasteiger partial charge in [-0.15, -0.1) is 0 Å². The first-order valence-corrected chi connectivity index (χ1v) is 7.98. The smallest absolute Gasteiger partial charge is 0.220 e. The van der Waals surface area contributed by atoms with Crippen molar-refractivity contribution >= 4 is 5.91 Å². The lowest BCUT2D eigenvalue weighted by Gasteiger charge is -2.09. The lowest BCUT2D eigenvalue weighted by atomic mass is 10.1. The van der Waals surface area contributed by atoms with Crippen molar-refractivity contribution in [3.8, 4) is 17.2 Å². The molecule has 0 bridgehead atoms. The van der Waals surface area contributed by atoms with E-state index in [0.717, 1.165) is 5.56 Å². The topological polar surface area (TPSA) is 56.8 Å². The van der Waals surface area contributed by atoms with Crippen LogP contribution in [0.4, 0.5) is 4.39 Å². The molecular weight excluding hydrogens is 325 g/mol. The van der Waals surface area contributed by atoms with Gasteiger partial charge in [0.15, 0.2) is 11.6 Å². The summed E-state index contributed by atoms with van der Waals surface area (Å²) in [5.41, 5.74) is 0.751. The van der Waals surface area contributed by atoms with Crippen LogP contribution in [0, 0.1) is 5.82 Å².